The SMILES string of the molecule is CC1CCCCN1/C=C(/C#N)C(=O)NCc1ccc2c(c1)OCO2. The number of nitriles is 1. The molecule has 0 bridgehead atoms. The molecule has 1 unspecified atom stereocenters. The molecule has 0 aromatic heterocycles. The van der Waals surface area contributed by atoms with Gasteiger partial charge in [0, 0.05) is 25.3 Å². The van der Waals surface area contributed by atoms with E-state index in [0.717, 1.165) is 24.9 Å². The van der Waals surface area contributed by atoms with Crippen LogP contribution in [0.15, 0.2) is 30.0 Å². The standard InChI is InChI=1S/C18H21N3O3/c1-13-4-2-3-7-21(13)11-15(9-19)18(22)20-10-14-5-6-16-17(8-14)24-12-23-16/h5-6,8,11,13H,2-4,7,10,12H2,1H3,(H,20,22)/b15-11-. The lowest BCUT2D eigenvalue weighted by atomic mass is 10.0. The lowest BCUT2D eigenvalue weighted by Gasteiger charge is -2.32. The molecule has 6 heteroatoms. The number of nitrogens with zero attached hydrogens (tertiary/aromatic N) is 2. The van der Waals surface area contributed by atoms with Crippen LogP contribution < -0.4 is 14.8 Å². The summed E-state index contributed by atoms with van der Waals surface area (Å²) in [4.78, 5) is 14.4. The second-order valence-electron chi connectivity index (χ2n) is 6.11. The molecule has 2 aliphatic rings. The quantitative estimate of drug-likeness (QED) is 0.678. The molecule has 126 valence electrons. The van der Waals surface area contributed by atoms with Gasteiger partial charge in [-0.3, -0.25) is 4.79 Å². The summed E-state index contributed by atoms with van der Waals surface area (Å²) in [5.74, 6) is 1.04. The van der Waals surface area contributed by atoms with E-state index in [4.69, 9.17) is 9.47 Å². The predicted octanol–water partition coefficient (Wildman–Crippen LogP) is 2.31. The summed E-state index contributed by atoms with van der Waals surface area (Å²) >= 11 is 0. The number of hydrogen-bond donors (Lipinski definition) is 1. The third kappa shape index (κ3) is 3.62. The third-order valence-corrected chi connectivity index (χ3v) is 4.40. The summed E-state index contributed by atoms with van der Waals surface area (Å²) in [7, 11) is 0. The van der Waals surface area contributed by atoms with E-state index in [-0.39, 0.29) is 18.3 Å². The third-order valence-electron chi connectivity index (χ3n) is 4.40. The van der Waals surface area contributed by atoms with E-state index >= 15 is 0 Å². The number of likely N-dealkylation sites (tertiary alicyclic amines) is 1. The van der Waals surface area contributed by atoms with Crippen molar-refractivity contribution < 1.29 is 14.3 Å². The maximum Gasteiger partial charge on any atom is 0.263 e. The van der Waals surface area contributed by atoms with Crippen molar-refractivity contribution in [3.63, 3.8) is 0 Å². The molecule has 1 amide bonds. The molecule has 1 atom stereocenters. The van der Waals surface area contributed by atoms with Crippen molar-refractivity contribution in [3.05, 3.63) is 35.5 Å². The molecule has 1 N–H and O–H groups in total. The Kier molecular flexibility index (Phi) is 4.90. The Bertz CT molecular complexity index is 693. The van der Waals surface area contributed by atoms with E-state index in [1.807, 2.05) is 24.3 Å². The molecule has 1 aromatic rings. The van der Waals surface area contributed by atoms with Gasteiger partial charge in [-0.25, -0.2) is 0 Å². The van der Waals surface area contributed by atoms with Crippen LogP contribution in [0.1, 0.15) is 31.7 Å². The molecule has 6 nitrogen and oxygen atoms in total. The number of fused-ring (bicyclic) bond motifs is 1. The number of piperidine rings is 1. The molecular formula is C18H21N3O3. The molecule has 1 saturated heterocycles. The van der Waals surface area contributed by atoms with Crippen molar-refractivity contribution >= 4 is 5.91 Å². The minimum absolute atomic E-state index is 0.143. The van der Waals surface area contributed by atoms with Crippen LogP contribution in [0, 0.1) is 11.3 Å². The van der Waals surface area contributed by atoms with Crippen LogP contribution in [-0.2, 0) is 11.3 Å². The highest BCUT2D eigenvalue weighted by molar-refractivity contribution is 5.97. The summed E-state index contributed by atoms with van der Waals surface area (Å²) in [6.45, 7) is 3.57. The fourth-order valence-electron chi connectivity index (χ4n) is 2.94. The van der Waals surface area contributed by atoms with Gasteiger partial charge in [-0.15, -0.1) is 0 Å². The van der Waals surface area contributed by atoms with Gasteiger partial charge in [0.15, 0.2) is 11.5 Å². The Morgan fingerprint density at radius 2 is 2.25 bits per heavy atom. The summed E-state index contributed by atoms with van der Waals surface area (Å²) < 4.78 is 10.6. The van der Waals surface area contributed by atoms with Crippen LogP contribution in [0.4, 0.5) is 0 Å². The van der Waals surface area contributed by atoms with Crippen molar-refractivity contribution in [2.75, 3.05) is 13.3 Å². The molecule has 0 spiro atoms. The van der Waals surface area contributed by atoms with E-state index in [9.17, 15) is 10.1 Å². The molecule has 3 rings (SSSR count). The van der Waals surface area contributed by atoms with E-state index in [2.05, 4.69) is 17.1 Å². The molecule has 2 aliphatic heterocycles. The number of hydrogen-bond acceptors (Lipinski definition) is 5. The molecular weight excluding hydrogens is 306 g/mol. The van der Waals surface area contributed by atoms with Crippen molar-refractivity contribution in [2.45, 2.75) is 38.8 Å². The van der Waals surface area contributed by atoms with Crippen LogP contribution in [0.3, 0.4) is 0 Å². The average Bonchev–Trinajstić information content (AvgIpc) is 3.06. The highest BCUT2D eigenvalue weighted by Crippen LogP contribution is 2.32. The molecule has 1 aromatic carbocycles. The number of nitrogens with one attached hydrogen (secondary N) is 1. The number of rotatable bonds is 4. The highest BCUT2D eigenvalue weighted by Gasteiger charge is 2.18. The Labute approximate surface area is 141 Å². The fourth-order valence-corrected chi connectivity index (χ4v) is 2.94. The Morgan fingerprint density at radius 3 is 3.04 bits per heavy atom. The lowest BCUT2D eigenvalue weighted by molar-refractivity contribution is -0.117. The van der Waals surface area contributed by atoms with Crippen LogP contribution >= 0.6 is 0 Å². The van der Waals surface area contributed by atoms with E-state index in [1.165, 1.54) is 6.42 Å². The minimum atomic E-state index is -0.354. The first-order valence-electron chi connectivity index (χ1n) is 8.22. The van der Waals surface area contributed by atoms with Crippen LogP contribution in [0.5, 0.6) is 11.5 Å². The maximum absolute atomic E-state index is 12.3. The minimum Gasteiger partial charge on any atom is -0.454 e. The lowest BCUT2D eigenvalue weighted by Crippen LogP contribution is -2.34. The topological polar surface area (TPSA) is 74.6 Å². The molecule has 0 saturated carbocycles. The van der Waals surface area contributed by atoms with E-state index < -0.39 is 0 Å². The van der Waals surface area contributed by atoms with Gasteiger partial charge in [-0.1, -0.05) is 6.07 Å². The van der Waals surface area contributed by atoms with Gasteiger partial charge in [0.2, 0.25) is 6.79 Å². The Hall–Kier alpha value is -2.68. The van der Waals surface area contributed by atoms with Crippen molar-refractivity contribution in [3.8, 4) is 17.6 Å². The average molecular weight is 327 g/mol. The number of carbonyl (C=O) groups is 1. The van der Waals surface area contributed by atoms with E-state index in [0.29, 0.717) is 24.1 Å². The predicted molar refractivity (Wildman–Crippen MR) is 88.1 cm³/mol. The highest BCUT2D eigenvalue weighted by atomic mass is 16.7. The summed E-state index contributed by atoms with van der Waals surface area (Å²) in [6.07, 6.45) is 5.08. The summed E-state index contributed by atoms with van der Waals surface area (Å²) in [5.41, 5.74) is 1.04. The number of benzene rings is 1. The zero-order valence-corrected chi connectivity index (χ0v) is 13.7. The monoisotopic (exact) mass is 327 g/mol. The van der Waals surface area contributed by atoms with Gasteiger partial charge >= 0.3 is 0 Å². The zero-order chi connectivity index (χ0) is 16.9. The first kappa shape index (κ1) is 16.2. The first-order chi connectivity index (χ1) is 11.7. The maximum atomic E-state index is 12.3. The van der Waals surface area contributed by atoms with Crippen molar-refractivity contribution in [1.82, 2.24) is 10.2 Å². The Morgan fingerprint density at radius 1 is 1.42 bits per heavy atom. The number of carbonyl (C=O) groups excluding carboxylic acids is 1. The normalized spacial score (nSPS) is 19.8. The number of amides is 1. The van der Waals surface area contributed by atoms with Crippen LogP contribution in [-0.4, -0.2) is 30.2 Å². The zero-order valence-electron chi connectivity index (χ0n) is 13.7. The van der Waals surface area contributed by atoms with Crippen molar-refractivity contribution in [2.24, 2.45) is 0 Å². The second kappa shape index (κ2) is 7.26. The molecule has 0 aliphatic carbocycles. The molecule has 24 heavy (non-hydrogen) atoms. The fraction of sp³-hybridized carbons (Fsp3) is 0.444. The van der Waals surface area contributed by atoms with Gasteiger partial charge in [-0.05, 0) is 43.9 Å². The van der Waals surface area contributed by atoms with Gasteiger partial charge in [-0.2, -0.15) is 5.26 Å². The van der Waals surface area contributed by atoms with Gasteiger partial charge in [0.1, 0.15) is 11.6 Å². The van der Waals surface area contributed by atoms with Gasteiger partial charge < -0.3 is 19.7 Å². The smallest absolute Gasteiger partial charge is 0.263 e. The van der Waals surface area contributed by atoms with Gasteiger partial charge in [0.25, 0.3) is 5.91 Å². The van der Waals surface area contributed by atoms with Crippen LogP contribution in [0.2, 0.25) is 0 Å². The van der Waals surface area contributed by atoms with Gasteiger partial charge in [0.05, 0.1) is 0 Å². The second-order valence-corrected chi connectivity index (χ2v) is 6.11. The molecule has 0 radical (unpaired) electrons. The van der Waals surface area contributed by atoms with Crippen molar-refractivity contribution in [1.29, 1.82) is 5.26 Å². The summed E-state index contributed by atoms with van der Waals surface area (Å²) in [6, 6.07) is 7.90. The van der Waals surface area contributed by atoms with Crippen LogP contribution in [0.25, 0.3) is 0 Å². The Balaban J connectivity index is 1.61. The molecule has 1 fully saturated rings. The van der Waals surface area contributed by atoms with E-state index in [1.54, 1.807) is 6.20 Å². The summed E-state index contributed by atoms with van der Waals surface area (Å²) in [5, 5.41) is 12.1. The number of ether oxygens (including phenoxy) is 2. The molecule has 2 heterocycles. The largest absolute Gasteiger partial charge is 0.454 e. The first-order valence-corrected chi connectivity index (χ1v) is 8.22.